The van der Waals surface area contributed by atoms with E-state index in [9.17, 15) is 0 Å². The van der Waals surface area contributed by atoms with Crippen molar-refractivity contribution in [3.8, 4) is 0 Å². The summed E-state index contributed by atoms with van der Waals surface area (Å²) in [5.74, 6) is 0.591. The quantitative estimate of drug-likeness (QED) is 0.418. The minimum atomic E-state index is 0.308. The van der Waals surface area contributed by atoms with E-state index in [1.807, 2.05) is 6.08 Å². The van der Waals surface area contributed by atoms with Crippen molar-refractivity contribution in [2.24, 2.45) is 5.92 Å². The third-order valence-electron chi connectivity index (χ3n) is 2.38. The molecule has 1 atom stereocenters. The smallest absolute Gasteiger partial charge is 0.0434 e. The van der Waals surface area contributed by atoms with Gasteiger partial charge in [0.25, 0.3) is 0 Å². The molecule has 0 saturated carbocycles. The van der Waals surface area contributed by atoms with Gasteiger partial charge in [-0.25, -0.2) is 0 Å². The highest BCUT2D eigenvalue weighted by Gasteiger charge is 1.99. The van der Waals surface area contributed by atoms with Crippen LogP contribution in [0.2, 0.25) is 0 Å². The van der Waals surface area contributed by atoms with E-state index in [4.69, 9.17) is 5.11 Å². The maximum atomic E-state index is 8.70. The number of aliphatic hydroxyl groups is 1. The zero-order valence-electron chi connectivity index (χ0n) is 9.47. The van der Waals surface area contributed by atoms with Gasteiger partial charge in [0.15, 0.2) is 0 Å². The number of unbranched alkanes of at least 4 members (excludes halogenated alkanes) is 3. The second-order valence-electron chi connectivity index (χ2n) is 3.96. The Bertz CT molecular complexity index is 125. The van der Waals surface area contributed by atoms with Crippen LogP contribution in [0.25, 0.3) is 0 Å². The lowest BCUT2D eigenvalue weighted by atomic mass is 10.1. The molecule has 1 unspecified atom stereocenters. The molecule has 0 amide bonds. The van der Waals surface area contributed by atoms with Crippen LogP contribution in [0.3, 0.4) is 0 Å². The lowest BCUT2D eigenvalue weighted by molar-refractivity contribution is 0.260. The van der Waals surface area contributed by atoms with Gasteiger partial charge in [-0.3, -0.25) is 0 Å². The molecule has 0 saturated heterocycles. The Morgan fingerprint density at radius 2 is 2.14 bits per heavy atom. The molecular weight excluding hydrogens is 174 g/mol. The summed E-state index contributed by atoms with van der Waals surface area (Å²) in [6.07, 6.45) is 7.82. The Morgan fingerprint density at radius 3 is 2.79 bits per heavy atom. The molecule has 0 bridgehead atoms. The van der Waals surface area contributed by atoms with Gasteiger partial charge in [0.05, 0.1) is 0 Å². The summed E-state index contributed by atoms with van der Waals surface area (Å²) >= 11 is 0. The molecule has 84 valence electrons. The van der Waals surface area contributed by atoms with Crippen LogP contribution >= 0.6 is 0 Å². The Morgan fingerprint density at radius 1 is 1.36 bits per heavy atom. The first kappa shape index (κ1) is 13.7. The number of allylic oxidation sites excluding steroid dienone is 1. The van der Waals surface area contributed by atoms with Crippen LogP contribution in [-0.4, -0.2) is 24.8 Å². The second kappa shape index (κ2) is 10.7. The number of aliphatic hydroxyl groups excluding tert-OH is 1. The van der Waals surface area contributed by atoms with Gasteiger partial charge in [-0.05, 0) is 44.7 Å². The standard InChI is InChI=1S/C12H25NO/c1-3-4-5-6-7-9-13-11-12(2)8-10-14/h3,12-14H,1,4-11H2,2H3. The molecule has 0 heterocycles. The van der Waals surface area contributed by atoms with Crippen LogP contribution < -0.4 is 5.32 Å². The fourth-order valence-electron chi connectivity index (χ4n) is 1.39. The molecule has 0 aliphatic carbocycles. The Hall–Kier alpha value is -0.340. The predicted octanol–water partition coefficient (Wildman–Crippen LogP) is 2.34. The summed E-state index contributed by atoms with van der Waals surface area (Å²) in [5.41, 5.74) is 0. The highest BCUT2D eigenvalue weighted by Crippen LogP contribution is 2.00. The summed E-state index contributed by atoms with van der Waals surface area (Å²) < 4.78 is 0. The van der Waals surface area contributed by atoms with Crippen LogP contribution in [0.1, 0.15) is 39.0 Å². The van der Waals surface area contributed by atoms with Crippen molar-refractivity contribution >= 4 is 0 Å². The zero-order valence-corrected chi connectivity index (χ0v) is 9.47. The number of rotatable bonds is 10. The SMILES string of the molecule is C=CCCCCCNCC(C)CCO. The topological polar surface area (TPSA) is 32.3 Å². The minimum Gasteiger partial charge on any atom is -0.396 e. The van der Waals surface area contributed by atoms with Gasteiger partial charge in [0.1, 0.15) is 0 Å². The summed E-state index contributed by atoms with van der Waals surface area (Å²) in [5, 5.41) is 12.1. The highest BCUT2D eigenvalue weighted by molar-refractivity contribution is 4.65. The Labute approximate surface area is 88.4 Å². The number of hydrogen-bond acceptors (Lipinski definition) is 2. The second-order valence-corrected chi connectivity index (χ2v) is 3.96. The molecule has 2 N–H and O–H groups in total. The van der Waals surface area contributed by atoms with Crippen molar-refractivity contribution < 1.29 is 5.11 Å². The summed E-state index contributed by atoms with van der Waals surface area (Å²) in [6, 6.07) is 0. The zero-order chi connectivity index (χ0) is 10.6. The average molecular weight is 199 g/mol. The van der Waals surface area contributed by atoms with Crippen molar-refractivity contribution in [1.29, 1.82) is 0 Å². The predicted molar refractivity (Wildman–Crippen MR) is 62.4 cm³/mol. The summed E-state index contributed by atoms with van der Waals surface area (Å²) in [6.45, 7) is 8.31. The van der Waals surface area contributed by atoms with Gasteiger partial charge in [-0.15, -0.1) is 6.58 Å². The fraction of sp³-hybridized carbons (Fsp3) is 0.833. The van der Waals surface area contributed by atoms with Crippen molar-refractivity contribution in [2.75, 3.05) is 19.7 Å². The molecule has 2 nitrogen and oxygen atoms in total. The molecule has 0 aliphatic heterocycles. The average Bonchev–Trinajstić information content (AvgIpc) is 2.17. The highest BCUT2D eigenvalue weighted by atomic mass is 16.3. The molecular formula is C12H25NO. The molecule has 0 spiro atoms. The Balaban J connectivity index is 3.01. The lowest BCUT2D eigenvalue weighted by Crippen LogP contribution is -2.22. The normalized spacial score (nSPS) is 12.7. The minimum absolute atomic E-state index is 0.308. The van der Waals surface area contributed by atoms with Crippen molar-refractivity contribution in [3.05, 3.63) is 12.7 Å². The van der Waals surface area contributed by atoms with E-state index in [0.717, 1.165) is 25.9 Å². The van der Waals surface area contributed by atoms with Crippen molar-refractivity contribution in [2.45, 2.75) is 39.0 Å². The molecule has 0 aromatic carbocycles. The van der Waals surface area contributed by atoms with Gasteiger partial charge in [0, 0.05) is 6.61 Å². The van der Waals surface area contributed by atoms with E-state index >= 15 is 0 Å². The maximum Gasteiger partial charge on any atom is 0.0434 e. The van der Waals surface area contributed by atoms with Gasteiger partial charge < -0.3 is 10.4 Å². The van der Waals surface area contributed by atoms with E-state index in [1.54, 1.807) is 0 Å². The molecule has 0 aliphatic rings. The summed E-state index contributed by atoms with van der Waals surface area (Å²) in [4.78, 5) is 0. The first-order valence-corrected chi connectivity index (χ1v) is 5.73. The molecule has 0 fully saturated rings. The van der Waals surface area contributed by atoms with E-state index in [1.165, 1.54) is 19.3 Å². The largest absolute Gasteiger partial charge is 0.396 e. The molecule has 2 heteroatoms. The maximum absolute atomic E-state index is 8.70. The van der Waals surface area contributed by atoms with E-state index in [2.05, 4.69) is 18.8 Å². The van der Waals surface area contributed by atoms with Crippen molar-refractivity contribution in [1.82, 2.24) is 5.32 Å². The number of hydrogen-bond donors (Lipinski definition) is 2. The first-order valence-electron chi connectivity index (χ1n) is 5.73. The van der Waals surface area contributed by atoms with Crippen molar-refractivity contribution in [3.63, 3.8) is 0 Å². The Kier molecular flexibility index (Phi) is 10.5. The van der Waals surface area contributed by atoms with Crippen LogP contribution in [-0.2, 0) is 0 Å². The molecule has 0 aromatic heterocycles. The van der Waals surface area contributed by atoms with Gasteiger partial charge in [-0.1, -0.05) is 19.4 Å². The molecule has 14 heavy (non-hydrogen) atoms. The molecule has 0 aromatic rings. The third kappa shape index (κ3) is 9.75. The van der Waals surface area contributed by atoms with Gasteiger partial charge in [-0.2, -0.15) is 0 Å². The number of nitrogens with one attached hydrogen (secondary N) is 1. The first-order chi connectivity index (χ1) is 6.81. The van der Waals surface area contributed by atoms with Gasteiger partial charge in [0.2, 0.25) is 0 Å². The van der Waals surface area contributed by atoms with Crippen LogP contribution in [0.5, 0.6) is 0 Å². The van der Waals surface area contributed by atoms with Crippen LogP contribution in [0.4, 0.5) is 0 Å². The van der Waals surface area contributed by atoms with E-state index in [-0.39, 0.29) is 0 Å². The monoisotopic (exact) mass is 199 g/mol. The molecule has 0 rings (SSSR count). The van der Waals surface area contributed by atoms with E-state index in [0.29, 0.717) is 12.5 Å². The summed E-state index contributed by atoms with van der Waals surface area (Å²) in [7, 11) is 0. The van der Waals surface area contributed by atoms with E-state index < -0.39 is 0 Å². The van der Waals surface area contributed by atoms with Crippen LogP contribution in [0, 0.1) is 5.92 Å². The van der Waals surface area contributed by atoms with Gasteiger partial charge >= 0.3 is 0 Å². The third-order valence-corrected chi connectivity index (χ3v) is 2.38. The van der Waals surface area contributed by atoms with Crippen LogP contribution in [0.15, 0.2) is 12.7 Å². The fourth-order valence-corrected chi connectivity index (χ4v) is 1.39. The lowest BCUT2D eigenvalue weighted by Gasteiger charge is -2.10. The molecule has 0 radical (unpaired) electrons.